The topological polar surface area (TPSA) is 34.1 Å². The molecule has 0 saturated carbocycles. The number of nitrogens with zero attached hydrogens (tertiary/aromatic N) is 1. The van der Waals surface area contributed by atoms with Crippen molar-refractivity contribution in [2.45, 2.75) is 32.6 Å². The van der Waals surface area contributed by atoms with Crippen molar-refractivity contribution in [2.75, 3.05) is 19.7 Å². The smallest absolute Gasteiger partial charge is 0.140 e. The van der Waals surface area contributed by atoms with Gasteiger partial charge in [0, 0.05) is 18.7 Å². The lowest BCUT2D eigenvalue weighted by Crippen LogP contribution is -2.38. The van der Waals surface area contributed by atoms with Gasteiger partial charge in [-0.3, -0.25) is 4.98 Å². The summed E-state index contributed by atoms with van der Waals surface area (Å²) < 4.78 is 6.23. The average molecular weight is 361 g/mol. The van der Waals surface area contributed by atoms with Crippen molar-refractivity contribution in [3.63, 3.8) is 0 Å². The number of benzene rings is 1. The van der Waals surface area contributed by atoms with Gasteiger partial charge in [-0.15, -0.1) is 12.4 Å². The molecule has 3 rings (SSSR count). The molecule has 1 aromatic carbocycles. The van der Waals surface area contributed by atoms with Crippen LogP contribution in [0.2, 0.25) is 0 Å². The fraction of sp³-hybridized carbons (Fsp3) is 0.476. The van der Waals surface area contributed by atoms with Crippen LogP contribution >= 0.6 is 12.4 Å². The van der Waals surface area contributed by atoms with Gasteiger partial charge in [-0.2, -0.15) is 0 Å². The van der Waals surface area contributed by atoms with Gasteiger partial charge in [0.2, 0.25) is 0 Å². The van der Waals surface area contributed by atoms with E-state index in [1.54, 1.807) is 0 Å². The Bertz CT molecular complexity index is 633. The normalized spacial score (nSPS) is 20.1. The molecular weight excluding hydrogens is 332 g/mol. The highest BCUT2D eigenvalue weighted by molar-refractivity contribution is 5.85. The Morgan fingerprint density at radius 2 is 1.96 bits per heavy atom. The molecule has 4 heteroatoms. The summed E-state index contributed by atoms with van der Waals surface area (Å²) in [7, 11) is 0. The highest BCUT2D eigenvalue weighted by Gasteiger charge is 2.27. The summed E-state index contributed by atoms with van der Waals surface area (Å²) in [6.07, 6.45) is 3.99. The van der Waals surface area contributed by atoms with E-state index in [1.807, 2.05) is 12.3 Å². The van der Waals surface area contributed by atoms with E-state index in [2.05, 4.69) is 60.5 Å². The van der Waals surface area contributed by atoms with Crippen LogP contribution in [0.3, 0.4) is 0 Å². The van der Waals surface area contributed by atoms with Gasteiger partial charge in [-0.1, -0.05) is 44.2 Å². The predicted molar refractivity (Wildman–Crippen MR) is 106 cm³/mol. The molecule has 2 aromatic rings. The number of pyridine rings is 1. The van der Waals surface area contributed by atoms with Gasteiger partial charge in [0.25, 0.3) is 0 Å². The fourth-order valence-electron chi connectivity index (χ4n) is 3.53. The quantitative estimate of drug-likeness (QED) is 0.825. The highest BCUT2D eigenvalue weighted by atomic mass is 35.5. The third kappa shape index (κ3) is 5.45. The number of rotatable bonds is 6. The molecule has 0 aliphatic carbocycles. The van der Waals surface area contributed by atoms with Crippen LogP contribution in [0.15, 0.2) is 48.7 Å². The maximum Gasteiger partial charge on any atom is 0.140 e. The molecule has 2 atom stereocenters. The van der Waals surface area contributed by atoms with Gasteiger partial charge in [0.1, 0.15) is 5.75 Å². The van der Waals surface area contributed by atoms with Gasteiger partial charge in [-0.25, -0.2) is 0 Å². The molecule has 1 aromatic heterocycles. The van der Waals surface area contributed by atoms with E-state index in [1.165, 1.54) is 12.0 Å². The molecule has 1 aliphatic rings. The van der Waals surface area contributed by atoms with E-state index < -0.39 is 0 Å². The third-order valence-electron chi connectivity index (χ3n) is 4.74. The number of aromatic nitrogens is 1. The molecule has 0 radical (unpaired) electrons. The van der Waals surface area contributed by atoms with Crippen molar-refractivity contribution in [2.24, 2.45) is 11.8 Å². The van der Waals surface area contributed by atoms with Crippen molar-refractivity contribution in [1.29, 1.82) is 0 Å². The second kappa shape index (κ2) is 9.79. The minimum absolute atomic E-state index is 0. The minimum atomic E-state index is 0. The second-order valence-corrected chi connectivity index (χ2v) is 7.13. The largest absolute Gasteiger partial charge is 0.491 e. The van der Waals surface area contributed by atoms with E-state index in [9.17, 15) is 0 Å². The van der Waals surface area contributed by atoms with Gasteiger partial charge in [0.05, 0.1) is 12.3 Å². The molecule has 25 heavy (non-hydrogen) atoms. The van der Waals surface area contributed by atoms with Crippen LogP contribution in [0.5, 0.6) is 5.75 Å². The fourth-order valence-corrected chi connectivity index (χ4v) is 3.53. The van der Waals surface area contributed by atoms with Gasteiger partial charge in [0.15, 0.2) is 0 Å². The van der Waals surface area contributed by atoms with E-state index in [-0.39, 0.29) is 12.4 Å². The molecule has 0 amide bonds. The first-order chi connectivity index (χ1) is 11.7. The number of halogens is 1. The summed E-state index contributed by atoms with van der Waals surface area (Å²) in [5.74, 6) is 2.59. The standard InChI is InChI=1S/C21H28N2O.ClH/c1-16(2)13-20-21(9-6-11-23-20)24-15-18-14-22-12-10-19(18)17-7-4-3-5-8-17;/h3-9,11,16,18-19,22H,10,12-15H2,1-2H3;1H. The molecule has 2 unspecified atom stereocenters. The van der Waals surface area contributed by atoms with Crippen LogP contribution in [0.1, 0.15) is 37.4 Å². The summed E-state index contributed by atoms with van der Waals surface area (Å²) in [5, 5.41) is 3.52. The van der Waals surface area contributed by atoms with Crippen molar-refractivity contribution in [3.8, 4) is 5.75 Å². The van der Waals surface area contributed by atoms with Crippen LogP contribution in [0.25, 0.3) is 0 Å². The number of hydrogen-bond donors (Lipinski definition) is 1. The van der Waals surface area contributed by atoms with Crippen molar-refractivity contribution < 1.29 is 4.74 Å². The number of hydrogen-bond acceptors (Lipinski definition) is 3. The predicted octanol–water partition coefficient (Wildman–Crippen LogP) is 4.47. The summed E-state index contributed by atoms with van der Waals surface area (Å²) >= 11 is 0. The molecule has 0 bridgehead atoms. The Kier molecular flexibility index (Phi) is 7.73. The zero-order valence-corrected chi connectivity index (χ0v) is 16.0. The van der Waals surface area contributed by atoms with Crippen LogP contribution in [0, 0.1) is 11.8 Å². The lowest BCUT2D eigenvalue weighted by molar-refractivity contribution is 0.194. The van der Waals surface area contributed by atoms with Crippen molar-refractivity contribution >= 4 is 12.4 Å². The lowest BCUT2D eigenvalue weighted by Gasteiger charge is -2.32. The maximum absolute atomic E-state index is 6.23. The van der Waals surface area contributed by atoms with Crippen molar-refractivity contribution in [1.82, 2.24) is 10.3 Å². The summed E-state index contributed by atoms with van der Waals surface area (Å²) in [4.78, 5) is 4.52. The summed E-state index contributed by atoms with van der Waals surface area (Å²) in [6.45, 7) is 7.27. The molecule has 3 nitrogen and oxygen atoms in total. The molecule has 1 saturated heterocycles. The average Bonchev–Trinajstić information content (AvgIpc) is 2.61. The van der Waals surface area contributed by atoms with Gasteiger partial charge < -0.3 is 10.1 Å². The number of piperidine rings is 1. The monoisotopic (exact) mass is 360 g/mol. The van der Waals surface area contributed by atoms with Crippen LogP contribution in [-0.2, 0) is 6.42 Å². The molecule has 2 heterocycles. The zero-order chi connectivity index (χ0) is 16.8. The van der Waals surface area contributed by atoms with Crippen LogP contribution in [0.4, 0.5) is 0 Å². The zero-order valence-electron chi connectivity index (χ0n) is 15.2. The van der Waals surface area contributed by atoms with Gasteiger partial charge >= 0.3 is 0 Å². The second-order valence-electron chi connectivity index (χ2n) is 7.13. The summed E-state index contributed by atoms with van der Waals surface area (Å²) in [5.41, 5.74) is 2.51. The SMILES string of the molecule is CC(C)Cc1ncccc1OCC1CNCCC1c1ccccc1.Cl. The molecule has 1 aliphatic heterocycles. The Hall–Kier alpha value is -1.58. The number of nitrogens with one attached hydrogen (secondary N) is 1. The highest BCUT2D eigenvalue weighted by Crippen LogP contribution is 2.31. The Morgan fingerprint density at radius 1 is 1.16 bits per heavy atom. The maximum atomic E-state index is 6.23. The Labute approximate surface area is 157 Å². The third-order valence-corrected chi connectivity index (χ3v) is 4.74. The Balaban J connectivity index is 0.00000225. The van der Waals surface area contributed by atoms with Crippen LogP contribution in [-0.4, -0.2) is 24.7 Å². The molecule has 1 N–H and O–H groups in total. The molecule has 1 fully saturated rings. The van der Waals surface area contributed by atoms with Crippen LogP contribution < -0.4 is 10.1 Å². The first kappa shape index (κ1) is 19.7. The molecular formula is C21H29ClN2O. The molecule has 136 valence electrons. The summed E-state index contributed by atoms with van der Waals surface area (Å²) in [6, 6.07) is 14.9. The van der Waals surface area contributed by atoms with E-state index in [4.69, 9.17) is 4.74 Å². The van der Waals surface area contributed by atoms with E-state index in [0.29, 0.717) is 17.8 Å². The lowest BCUT2D eigenvalue weighted by atomic mass is 9.81. The minimum Gasteiger partial charge on any atom is -0.491 e. The molecule has 0 spiro atoms. The first-order valence-electron chi connectivity index (χ1n) is 9.06. The van der Waals surface area contributed by atoms with Gasteiger partial charge in [-0.05, 0) is 48.9 Å². The van der Waals surface area contributed by atoms with Crippen molar-refractivity contribution in [3.05, 3.63) is 59.9 Å². The Morgan fingerprint density at radius 3 is 2.72 bits per heavy atom. The van der Waals surface area contributed by atoms with E-state index >= 15 is 0 Å². The number of ether oxygens (including phenoxy) is 1. The first-order valence-corrected chi connectivity index (χ1v) is 9.06. The van der Waals surface area contributed by atoms with E-state index in [0.717, 1.165) is 37.6 Å².